The topological polar surface area (TPSA) is 66.6 Å². The Morgan fingerprint density at radius 3 is 2.75 bits per heavy atom. The van der Waals surface area contributed by atoms with Gasteiger partial charge in [-0.2, -0.15) is 5.26 Å². The minimum Gasteiger partial charge on any atom is -0.488 e. The van der Waals surface area contributed by atoms with E-state index in [1.807, 2.05) is 43.4 Å². The maximum Gasteiger partial charge on any atom is 0.279 e. The number of amides is 1. The van der Waals surface area contributed by atoms with E-state index < -0.39 is 0 Å². The highest BCUT2D eigenvalue weighted by Crippen LogP contribution is 2.20. The minimum absolute atomic E-state index is 0.175. The highest BCUT2D eigenvalue weighted by Gasteiger charge is 2.12. The molecule has 6 heteroatoms. The summed E-state index contributed by atoms with van der Waals surface area (Å²) >= 11 is 5.91. The second-order valence-electron chi connectivity index (χ2n) is 5.40. The standard InChI is InChI=1S/C18H18ClN3O2/c1-22(9-10-24-16-5-3-2-4-6-16)13-18(23)21-17-11-15(19)8-7-14(17)12-20/h2-8,11H,9-10,13H2,1H3,(H,21,23)/p+1. The van der Waals surface area contributed by atoms with Gasteiger partial charge in [-0.1, -0.05) is 29.8 Å². The molecule has 0 spiro atoms. The number of rotatable bonds is 7. The minimum atomic E-state index is -0.175. The fourth-order valence-electron chi connectivity index (χ4n) is 2.13. The Labute approximate surface area is 146 Å². The number of para-hydroxylation sites is 1. The van der Waals surface area contributed by atoms with E-state index in [1.54, 1.807) is 18.2 Å². The molecule has 0 saturated heterocycles. The number of likely N-dealkylation sites (N-methyl/N-ethyl adjacent to an activating group) is 1. The van der Waals surface area contributed by atoms with Crippen molar-refractivity contribution in [1.82, 2.24) is 0 Å². The van der Waals surface area contributed by atoms with Crippen LogP contribution in [0.1, 0.15) is 5.56 Å². The number of benzene rings is 2. The molecule has 0 saturated carbocycles. The molecule has 0 bridgehead atoms. The van der Waals surface area contributed by atoms with Crippen molar-refractivity contribution >= 4 is 23.2 Å². The Kier molecular flexibility index (Phi) is 6.62. The zero-order valence-electron chi connectivity index (χ0n) is 13.4. The van der Waals surface area contributed by atoms with Crippen LogP contribution in [0.5, 0.6) is 5.75 Å². The third kappa shape index (κ3) is 5.58. The lowest BCUT2D eigenvalue weighted by atomic mass is 10.2. The molecule has 0 aromatic heterocycles. The van der Waals surface area contributed by atoms with Gasteiger partial charge in [0, 0.05) is 5.02 Å². The number of anilines is 1. The summed E-state index contributed by atoms with van der Waals surface area (Å²) in [6.07, 6.45) is 0. The molecule has 0 aliphatic rings. The van der Waals surface area contributed by atoms with Gasteiger partial charge in [-0.05, 0) is 30.3 Å². The summed E-state index contributed by atoms with van der Waals surface area (Å²) in [5, 5.41) is 12.3. The van der Waals surface area contributed by atoms with Gasteiger partial charge in [0.2, 0.25) is 0 Å². The molecule has 2 N–H and O–H groups in total. The summed E-state index contributed by atoms with van der Waals surface area (Å²) in [4.78, 5) is 13.1. The van der Waals surface area contributed by atoms with Crippen LogP contribution in [0, 0.1) is 11.3 Å². The van der Waals surface area contributed by atoms with Gasteiger partial charge in [-0.25, -0.2) is 0 Å². The van der Waals surface area contributed by atoms with Crippen LogP contribution in [0.4, 0.5) is 5.69 Å². The van der Waals surface area contributed by atoms with E-state index in [1.165, 1.54) is 0 Å². The molecule has 2 aromatic rings. The molecule has 0 radical (unpaired) electrons. The molecular weight excluding hydrogens is 326 g/mol. The van der Waals surface area contributed by atoms with E-state index in [-0.39, 0.29) is 12.5 Å². The van der Waals surface area contributed by atoms with Crippen LogP contribution in [-0.4, -0.2) is 32.7 Å². The number of hydrogen-bond acceptors (Lipinski definition) is 3. The third-order valence-electron chi connectivity index (χ3n) is 3.38. The Bertz CT molecular complexity index is 729. The highest BCUT2D eigenvalue weighted by molar-refractivity contribution is 6.31. The molecule has 1 unspecified atom stereocenters. The first kappa shape index (κ1) is 17.8. The largest absolute Gasteiger partial charge is 0.488 e. The fourth-order valence-corrected chi connectivity index (χ4v) is 2.31. The van der Waals surface area contributed by atoms with Gasteiger partial charge in [0.15, 0.2) is 6.54 Å². The van der Waals surface area contributed by atoms with Crippen molar-refractivity contribution in [3.05, 3.63) is 59.1 Å². The Balaban J connectivity index is 1.79. The molecule has 2 aromatic carbocycles. The van der Waals surface area contributed by atoms with Gasteiger partial charge < -0.3 is 15.0 Å². The quantitative estimate of drug-likeness (QED) is 0.804. The lowest BCUT2D eigenvalue weighted by Gasteiger charge is -2.15. The second-order valence-corrected chi connectivity index (χ2v) is 5.83. The van der Waals surface area contributed by atoms with E-state index in [0.717, 1.165) is 10.6 Å². The van der Waals surface area contributed by atoms with Gasteiger partial charge >= 0.3 is 0 Å². The number of carbonyl (C=O) groups is 1. The third-order valence-corrected chi connectivity index (χ3v) is 3.61. The SMILES string of the molecule is C[NH+](CCOc1ccccc1)CC(=O)Nc1cc(Cl)ccc1C#N. The van der Waals surface area contributed by atoms with Crippen molar-refractivity contribution in [3.8, 4) is 11.8 Å². The molecule has 0 aliphatic heterocycles. The summed E-state index contributed by atoms with van der Waals surface area (Å²) < 4.78 is 5.62. The smallest absolute Gasteiger partial charge is 0.279 e. The van der Waals surface area contributed by atoms with Gasteiger partial charge in [0.1, 0.15) is 25.0 Å². The van der Waals surface area contributed by atoms with Crippen LogP contribution in [0.2, 0.25) is 5.02 Å². The van der Waals surface area contributed by atoms with Crippen LogP contribution in [0.3, 0.4) is 0 Å². The Morgan fingerprint density at radius 1 is 1.29 bits per heavy atom. The van der Waals surface area contributed by atoms with Gasteiger partial charge in [-0.3, -0.25) is 4.79 Å². The molecule has 0 aliphatic carbocycles. The summed E-state index contributed by atoms with van der Waals surface area (Å²) in [5.74, 6) is 0.637. The number of halogens is 1. The van der Waals surface area contributed by atoms with E-state index >= 15 is 0 Å². The number of nitriles is 1. The zero-order valence-corrected chi connectivity index (χ0v) is 14.1. The van der Waals surface area contributed by atoms with Crippen molar-refractivity contribution < 1.29 is 14.4 Å². The molecule has 1 atom stereocenters. The molecule has 0 heterocycles. The maximum atomic E-state index is 12.1. The summed E-state index contributed by atoms with van der Waals surface area (Å²) in [6.45, 7) is 1.47. The van der Waals surface area contributed by atoms with Crippen molar-refractivity contribution in [2.24, 2.45) is 0 Å². The van der Waals surface area contributed by atoms with E-state index in [9.17, 15) is 4.79 Å². The first-order chi connectivity index (χ1) is 11.6. The number of quaternary nitrogens is 1. The molecule has 124 valence electrons. The summed E-state index contributed by atoms with van der Waals surface area (Å²) in [6, 6.07) is 16.4. The lowest BCUT2D eigenvalue weighted by molar-refractivity contribution is -0.871. The first-order valence-electron chi connectivity index (χ1n) is 7.57. The number of nitrogens with zero attached hydrogens (tertiary/aromatic N) is 1. The van der Waals surface area contributed by atoms with Crippen LogP contribution < -0.4 is 15.0 Å². The maximum absolute atomic E-state index is 12.1. The van der Waals surface area contributed by atoms with Gasteiger partial charge in [0.05, 0.1) is 18.3 Å². The van der Waals surface area contributed by atoms with Crippen molar-refractivity contribution in [2.45, 2.75) is 0 Å². The van der Waals surface area contributed by atoms with Gasteiger partial charge in [0.25, 0.3) is 5.91 Å². The lowest BCUT2D eigenvalue weighted by Crippen LogP contribution is -3.10. The fraction of sp³-hybridized carbons (Fsp3) is 0.222. The Morgan fingerprint density at radius 2 is 2.04 bits per heavy atom. The molecule has 0 fully saturated rings. The van der Waals surface area contributed by atoms with E-state index in [0.29, 0.717) is 29.4 Å². The predicted molar refractivity (Wildman–Crippen MR) is 93.4 cm³/mol. The molecule has 24 heavy (non-hydrogen) atoms. The average molecular weight is 345 g/mol. The number of carbonyl (C=O) groups excluding carboxylic acids is 1. The average Bonchev–Trinajstić information content (AvgIpc) is 2.56. The molecule has 2 rings (SSSR count). The van der Waals surface area contributed by atoms with Crippen molar-refractivity contribution in [1.29, 1.82) is 5.26 Å². The predicted octanol–water partition coefficient (Wildman–Crippen LogP) is 1.74. The zero-order chi connectivity index (χ0) is 17.4. The summed E-state index contributed by atoms with van der Waals surface area (Å²) in [5.41, 5.74) is 0.821. The molecule has 5 nitrogen and oxygen atoms in total. The number of ether oxygens (including phenoxy) is 1. The van der Waals surface area contributed by atoms with E-state index in [2.05, 4.69) is 5.32 Å². The first-order valence-corrected chi connectivity index (χ1v) is 7.95. The van der Waals surface area contributed by atoms with Crippen molar-refractivity contribution in [2.75, 3.05) is 32.1 Å². The number of nitrogens with one attached hydrogen (secondary N) is 2. The van der Waals surface area contributed by atoms with Crippen LogP contribution in [0.15, 0.2) is 48.5 Å². The Hall–Kier alpha value is -2.55. The van der Waals surface area contributed by atoms with E-state index in [4.69, 9.17) is 21.6 Å². The second kappa shape index (κ2) is 8.92. The van der Waals surface area contributed by atoms with Crippen LogP contribution in [-0.2, 0) is 4.79 Å². The number of hydrogen-bond donors (Lipinski definition) is 2. The van der Waals surface area contributed by atoms with Gasteiger partial charge in [-0.15, -0.1) is 0 Å². The van der Waals surface area contributed by atoms with Crippen LogP contribution >= 0.6 is 11.6 Å². The normalized spacial score (nSPS) is 11.4. The monoisotopic (exact) mass is 344 g/mol. The molecular formula is C18H19ClN3O2+. The van der Waals surface area contributed by atoms with Crippen molar-refractivity contribution in [3.63, 3.8) is 0 Å². The molecule has 1 amide bonds. The highest BCUT2D eigenvalue weighted by atomic mass is 35.5. The summed E-state index contributed by atoms with van der Waals surface area (Å²) in [7, 11) is 1.91. The van der Waals surface area contributed by atoms with Crippen LogP contribution in [0.25, 0.3) is 0 Å².